The van der Waals surface area contributed by atoms with Gasteiger partial charge in [-0.05, 0) is 42.7 Å². The highest BCUT2D eigenvalue weighted by atomic mass is 16.5. The molecule has 0 spiro atoms. The Morgan fingerprint density at radius 1 is 1.12 bits per heavy atom. The van der Waals surface area contributed by atoms with Crippen molar-refractivity contribution < 1.29 is 14.3 Å². The molecule has 1 saturated heterocycles. The third-order valence-electron chi connectivity index (χ3n) is 4.42. The number of ether oxygens (including phenoxy) is 2. The van der Waals surface area contributed by atoms with Gasteiger partial charge in [0.1, 0.15) is 11.5 Å². The molecule has 5 heteroatoms. The molecular formula is C19H22N2O3. The number of likely N-dealkylation sites (tertiary alicyclic amines) is 1. The lowest BCUT2D eigenvalue weighted by Gasteiger charge is -2.24. The van der Waals surface area contributed by atoms with Crippen molar-refractivity contribution in [2.75, 3.05) is 20.8 Å². The summed E-state index contributed by atoms with van der Waals surface area (Å²) in [5, 5.41) is 0. The van der Waals surface area contributed by atoms with E-state index >= 15 is 0 Å². The number of aromatic nitrogens is 1. The molecular weight excluding hydrogens is 304 g/mol. The maximum Gasteiger partial charge on any atom is 0.227 e. The smallest absolute Gasteiger partial charge is 0.227 e. The van der Waals surface area contributed by atoms with Gasteiger partial charge in [0, 0.05) is 6.54 Å². The van der Waals surface area contributed by atoms with E-state index in [9.17, 15) is 4.79 Å². The SMILES string of the molecule is COc1ccc(CC(=O)N2CCCC2c2ccc(OC)cn2)cc1. The quantitative estimate of drug-likeness (QED) is 0.847. The molecule has 24 heavy (non-hydrogen) atoms. The number of benzene rings is 1. The van der Waals surface area contributed by atoms with Gasteiger partial charge in [-0.2, -0.15) is 0 Å². The summed E-state index contributed by atoms with van der Waals surface area (Å²) in [6, 6.07) is 11.5. The number of nitrogens with zero attached hydrogens (tertiary/aromatic N) is 2. The van der Waals surface area contributed by atoms with Gasteiger partial charge in [-0.3, -0.25) is 9.78 Å². The van der Waals surface area contributed by atoms with E-state index in [1.165, 1.54) is 0 Å². The van der Waals surface area contributed by atoms with E-state index < -0.39 is 0 Å². The van der Waals surface area contributed by atoms with Gasteiger partial charge in [-0.15, -0.1) is 0 Å². The van der Waals surface area contributed by atoms with Crippen LogP contribution in [0.2, 0.25) is 0 Å². The second-order valence-electron chi connectivity index (χ2n) is 5.89. The first-order chi connectivity index (χ1) is 11.7. The Kier molecular flexibility index (Phi) is 4.99. The molecule has 1 atom stereocenters. The van der Waals surface area contributed by atoms with Crippen LogP contribution in [0.4, 0.5) is 0 Å². The molecule has 3 rings (SSSR count). The monoisotopic (exact) mass is 326 g/mol. The molecule has 1 aromatic carbocycles. The van der Waals surface area contributed by atoms with Gasteiger partial charge in [-0.25, -0.2) is 0 Å². The Morgan fingerprint density at radius 3 is 2.46 bits per heavy atom. The third kappa shape index (κ3) is 3.50. The van der Waals surface area contributed by atoms with Gasteiger partial charge in [0.25, 0.3) is 0 Å². The third-order valence-corrected chi connectivity index (χ3v) is 4.42. The molecule has 0 bridgehead atoms. The fourth-order valence-electron chi connectivity index (χ4n) is 3.10. The van der Waals surface area contributed by atoms with E-state index in [4.69, 9.17) is 9.47 Å². The Bertz CT molecular complexity index is 683. The minimum Gasteiger partial charge on any atom is -0.497 e. The van der Waals surface area contributed by atoms with Crippen LogP contribution in [0.1, 0.15) is 30.1 Å². The molecule has 1 aliphatic heterocycles. The number of carbonyl (C=O) groups excluding carboxylic acids is 1. The summed E-state index contributed by atoms with van der Waals surface area (Å²) >= 11 is 0. The van der Waals surface area contributed by atoms with E-state index in [0.29, 0.717) is 6.42 Å². The average Bonchev–Trinajstić information content (AvgIpc) is 3.12. The summed E-state index contributed by atoms with van der Waals surface area (Å²) < 4.78 is 10.3. The van der Waals surface area contributed by atoms with Crippen LogP contribution in [0.3, 0.4) is 0 Å². The zero-order chi connectivity index (χ0) is 16.9. The molecule has 2 heterocycles. The number of pyridine rings is 1. The number of hydrogen-bond donors (Lipinski definition) is 0. The number of hydrogen-bond acceptors (Lipinski definition) is 4. The van der Waals surface area contributed by atoms with Gasteiger partial charge >= 0.3 is 0 Å². The van der Waals surface area contributed by atoms with Crippen molar-refractivity contribution in [3.63, 3.8) is 0 Å². The Labute approximate surface area is 142 Å². The van der Waals surface area contributed by atoms with Crippen LogP contribution >= 0.6 is 0 Å². The van der Waals surface area contributed by atoms with Crippen molar-refractivity contribution >= 4 is 5.91 Å². The lowest BCUT2D eigenvalue weighted by atomic mass is 10.1. The molecule has 0 N–H and O–H groups in total. The summed E-state index contributed by atoms with van der Waals surface area (Å²) in [6.07, 6.45) is 4.07. The normalized spacial score (nSPS) is 16.9. The predicted molar refractivity (Wildman–Crippen MR) is 91.2 cm³/mol. The van der Waals surface area contributed by atoms with Crippen LogP contribution in [0.5, 0.6) is 11.5 Å². The molecule has 1 aliphatic rings. The minimum absolute atomic E-state index is 0.0571. The topological polar surface area (TPSA) is 51.7 Å². The highest BCUT2D eigenvalue weighted by molar-refractivity contribution is 5.79. The second-order valence-corrected chi connectivity index (χ2v) is 5.89. The van der Waals surface area contributed by atoms with Crippen LogP contribution in [-0.2, 0) is 11.2 Å². The molecule has 0 radical (unpaired) electrons. The molecule has 1 fully saturated rings. The minimum atomic E-state index is 0.0571. The van der Waals surface area contributed by atoms with Gasteiger partial charge in [0.2, 0.25) is 5.91 Å². The first kappa shape index (κ1) is 16.3. The molecule has 126 valence electrons. The summed E-state index contributed by atoms with van der Waals surface area (Å²) in [5.74, 6) is 1.67. The van der Waals surface area contributed by atoms with Gasteiger partial charge < -0.3 is 14.4 Å². The molecule has 5 nitrogen and oxygen atoms in total. The molecule has 2 aromatic rings. The fraction of sp³-hybridized carbons (Fsp3) is 0.368. The van der Waals surface area contributed by atoms with E-state index in [-0.39, 0.29) is 11.9 Å². The Morgan fingerprint density at radius 2 is 1.83 bits per heavy atom. The lowest BCUT2D eigenvalue weighted by Crippen LogP contribution is -2.32. The van der Waals surface area contributed by atoms with Gasteiger partial charge in [0.05, 0.1) is 38.6 Å². The average molecular weight is 326 g/mol. The van der Waals surface area contributed by atoms with E-state index in [2.05, 4.69) is 4.98 Å². The van der Waals surface area contributed by atoms with Crippen molar-refractivity contribution in [3.05, 3.63) is 53.9 Å². The molecule has 1 aromatic heterocycles. The number of amides is 1. The van der Waals surface area contributed by atoms with Crippen molar-refractivity contribution in [1.29, 1.82) is 0 Å². The fourth-order valence-corrected chi connectivity index (χ4v) is 3.10. The summed E-state index contributed by atoms with van der Waals surface area (Å²) in [6.45, 7) is 0.785. The van der Waals surface area contributed by atoms with Crippen molar-refractivity contribution in [1.82, 2.24) is 9.88 Å². The summed E-state index contributed by atoms with van der Waals surface area (Å²) in [5.41, 5.74) is 1.92. The Balaban J connectivity index is 1.70. The van der Waals surface area contributed by atoms with Crippen molar-refractivity contribution in [2.24, 2.45) is 0 Å². The van der Waals surface area contributed by atoms with Crippen LogP contribution in [0.25, 0.3) is 0 Å². The standard InChI is InChI=1S/C19H22N2O3/c1-23-15-7-5-14(6-8-15)12-19(22)21-11-3-4-18(21)17-10-9-16(24-2)13-20-17/h5-10,13,18H,3-4,11-12H2,1-2H3. The summed E-state index contributed by atoms with van der Waals surface area (Å²) in [4.78, 5) is 19.1. The molecule has 0 aliphatic carbocycles. The van der Waals surface area contributed by atoms with Crippen molar-refractivity contribution in [3.8, 4) is 11.5 Å². The second kappa shape index (κ2) is 7.34. The van der Waals surface area contributed by atoms with E-state index in [1.807, 2.05) is 41.3 Å². The van der Waals surface area contributed by atoms with Gasteiger partial charge in [0.15, 0.2) is 0 Å². The number of methoxy groups -OCH3 is 2. The number of rotatable bonds is 5. The van der Waals surface area contributed by atoms with Crippen LogP contribution in [0, 0.1) is 0 Å². The maximum absolute atomic E-state index is 12.7. The summed E-state index contributed by atoms with van der Waals surface area (Å²) in [7, 11) is 3.26. The Hall–Kier alpha value is -2.56. The molecule has 1 unspecified atom stereocenters. The highest BCUT2D eigenvalue weighted by Gasteiger charge is 2.30. The number of carbonyl (C=O) groups is 1. The predicted octanol–water partition coefficient (Wildman–Crippen LogP) is 3.01. The largest absolute Gasteiger partial charge is 0.497 e. The zero-order valence-corrected chi connectivity index (χ0v) is 14.1. The van der Waals surface area contributed by atoms with Crippen LogP contribution < -0.4 is 9.47 Å². The lowest BCUT2D eigenvalue weighted by molar-refractivity contribution is -0.131. The molecule has 0 saturated carbocycles. The maximum atomic E-state index is 12.7. The molecule has 1 amide bonds. The first-order valence-electron chi connectivity index (χ1n) is 8.13. The van der Waals surface area contributed by atoms with Crippen LogP contribution in [0.15, 0.2) is 42.6 Å². The van der Waals surface area contributed by atoms with Crippen LogP contribution in [-0.4, -0.2) is 36.6 Å². The van der Waals surface area contributed by atoms with E-state index in [1.54, 1.807) is 20.4 Å². The first-order valence-corrected chi connectivity index (χ1v) is 8.13. The van der Waals surface area contributed by atoms with E-state index in [0.717, 1.165) is 42.1 Å². The zero-order valence-electron chi connectivity index (χ0n) is 14.1. The van der Waals surface area contributed by atoms with Gasteiger partial charge in [-0.1, -0.05) is 12.1 Å². The highest BCUT2D eigenvalue weighted by Crippen LogP contribution is 2.32. The van der Waals surface area contributed by atoms with Crippen molar-refractivity contribution in [2.45, 2.75) is 25.3 Å².